The van der Waals surface area contributed by atoms with Crippen molar-refractivity contribution < 1.29 is 8.42 Å². The van der Waals surface area contributed by atoms with E-state index in [0.717, 1.165) is 12.8 Å². The molecule has 0 saturated heterocycles. The summed E-state index contributed by atoms with van der Waals surface area (Å²) in [5.74, 6) is 0.0163. The molecular weight excluding hydrogens is 239 g/mol. The Morgan fingerprint density at radius 1 is 1.60 bits per heavy atom. The molecule has 5 heteroatoms. The molecule has 0 saturated carbocycles. The summed E-state index contributed by atoms with van der Waals surface area (Å²) >= 11 is 3.21. The van der Waals surface area contributed by atoms with E-state index in [9.17, 15) is 8.42 Å². The second kappa shape index (κ2) is 4.57. The van der Waals surface area contributed by atoms with Crippen LogP contribution in [0.15, 0.2) is 0 Å². The summed E-state index contributed by atoms with van der Waals surface area (Å²) in [6.07, 6.45) is 1.80. The van der Waals surface area contributed by atoms with E-state index in [1.54, 1.807) is 0 Å². The Hall–Kier alpha value is 0.720. The van der Waals surface area contributed by atoms with Gasteiger partial charge >= 0.3 is 0 Å². The van der Waals surface area contributed by atoms with Gasteiger partial charge in [-0.3, -0.25) is 0 Å². The van der Waals surface area contributed by atoms with Crippen molar-refractivity contribution in [1.29, 1.82) is 0 Å². The van der Waals surface area contributed by atoms with E-state index < -0.39 is 9.05 Å². The van der Waals surface area contributed by atoms with Gasteiger partial charge in [0.2, 0.25) is 9.05 Å². The quantitative estimate of drug-likeness (QED) is 0.565. The van der Waals surface area contributed by atoms with Crippen LogP contribution in [-0.4, -0.2) is 19.0 Å². The van der Waals surface area contributed by atoms with Crippen molar-refractivity contribution in [2.75, 3.05) is 5.75 Å². The van der Waals surface area contributed by atoms with E-state index in [-0.39, 0.29) is 10.6 Å². The van der Waals surface area contributed by atoms with Gasteiger partial charge in [0.25, 0.3) is 0 Å². The van der Waals surface area contributed by atoms with Crippen LogP contribution >= 0.6 is 26.6 Å². The molecule has 0 aromatic heterocycles. The fourth-order valence-electron chi connectivity index (χ4n) is 0.613. The molecule has 0 aliphatic heterocycles. The Morgan fingerprint density at radius 3 is 2.40 bits per heavy atom. The minimum Gasteiger partial charge on any atom is -0.212 e. The lowest BCUT2D eigenvalue weighted by Crippen LogP contribution is -2.10. The van der Waals surface area contributed by atoms with Crippen LogP contribution in [0.2, 0.25) is 0 Å². The normalized spacial score (nSPS) is 15.1. The van der Waals surface area contributed by atoms with E-state index in [0.29, 0.717) is 0 Å². The SMILES string of the molecule is CCCC(Br)CS(=O)(=O)Cl. The third kappa shape index (κ3) is 6.83. The Bertz CT molecular complexity index is 178. The number of hydrogen-bond donors (Lipinski definition) is 0. The fraction of sp³-hybridized carbons (Fsp3) is 1.00. The number of hydrogen-bond acceptors (Lipinski definition) is 2. The molecule has 0 aromatic rings. The largest absolute Gasteiger partial charge is 0.233 e. The van der Waals surface area contributed by atoms with Gasteiger partial charge in [0.15, 0.2) is 0 Å². The lowest BCUT2D eigenvalue weighted by molar-refractivity contribution is 0.606. The molecule has 0 N–H and O–H groups in total. The summed E-state index contributed by atoms with van der Waals surface area (Å²) in [4.78, 5) is -0.000000000000000222. The Morgan fingerprint density at radius 2 is 2.10 bits per heavy atom. The predicted molar refractivity (Wildman–Crippen MR) is 47.3 cm³/mol. The molecule has 2 nitrogen and oxygen atoms in total. The van der Waals surface area contributed by atoms with Gasteiger partial charge in [0, 0.05) is 15.5 Å². The van der Waals surface area contributed by atoms with Crippen molar-refractivity contribution in [3.8, 4) is 0 Å². The standard InChI is InChI=1S/C5H10BrClO2S/c1-2-3-5(6)4-10(7,8)9/h5H,2-4H2,1H3. The van der Waals surface area contributed by atoms with Gasteiger partial charge in [-0.05, 0) is 6.42 Å². The van der Waals surface area contributed by atoms with Crippen molar-refractivity contribution in [1.82, 2.24) is 0 Å². The average Bonchev–Trinajstić information content (AvgIpc) is 1.59. The lowest BCUT2D eigenvalue weighted by atomic mass is 10.3. The Balaban J connectivity index is 3.69. The van der Waals surface area contributed by atoms with E-state index in [1.807, 2.05) is 6.92 Å². The summed E-state index contributed by atoms with van der Waals surface area (Å²) in [5, 5.41) is 0. The molecular formula is C5H10BrClO2S. The van der Waals surface area contributed by atoms with Crippen LogP contribution in [-0.2, 0) is 9.05 Å². The maximum atomic E-state index is 10.5. The molecule has 62 valence electrons. The maximum absolute atomic E-state index is 10.5. The minimum atomic E-state index is -3.32. The van der Waals surface area contributed by atoms with Crippen LogP contribution in [0.5, 0.6) is 0 Å². The molecule has 0 amide bonds. The third-order valence-electron chi connectivity index (χ3n) is 0.982. The second-order valence-electron chi connectivity index (χ2n) is 2.09. The maximum Gasteiger partial charge on any atom is 0.233 e. The Labute approximate surface area is 74.5 Å². The van der Waals surface area contributed by atoms with Crippen LogP contribution in [0.3, 0.4) is 0 Å². The number of alkyl halides is 1. The van der Waals surface area contributed by atoms with Crippen LogP contribution in [0, 0.1) is 0 Å². The second-order valence-corrected chi connectivity index (χ2v) is 6.21. The van der Waals surface area contributed by atoms with Crippen molar-refractivity contribution in [2.24, 2.45) is 0 Å². The molecule has 1 unspecified atom stereocenters. The Kier molecular flexibility index (Phi) is 4.90. The molecule has 0 aliphatic rings. The number of rotatable bonds is 4. The zero-order chi connectivity index (χ0) is 8.20. The molecule has 0 rings (SSSR count). The highest BCUT2D eigenvalue weighted by Crippen LogP contribution is 2.12. The summed E-state index contributed by atoms with van der Waals surface area (Å²) < 4.78 is 20.9. The topological polar surface area (TPSA) is 34.1 Å². The summed E-state index contributed by atoms with van der Waals surface area (Å²) in [5.41, 5.74) is 0. The van der Waals surface area contributed by atoms with Crippen LogP contribution in [0.25, 0.3) is 0 Å². The van der Waals surface area contributed by atoms with Gasteiger partial charge in [-0.25, -0.2) is 8.42 Å². The molecule has 10 heavy (non-hydrogen) atoms. The zero-order valence-electron chi connectivity index (χ0n) is 5.68. The number of halogens is 2. The average molecular weight is 250 g/mol. The molecule has 0 aliphatic carbocycles. The first-order chi connectivity index (χ1) is 4.45. The van der Waals surface area contributed by atoms with Gasteiger partial charge in [-0.1, -0.05) is 29.3 Å². The monoisotopic (exact) mass is 248 g/mol. The molecule has 0 spiro atoms. The highest BCUT2D eigenvalue weighted by Gasteiger charge is 2.12. The van der Waals surface area contributed by atoms with Gasteiger partial charge in [0.05, 0.1) is 5.75 Å². The molecule has 0 fully saturated rings. The summed E-state index contributed by atoms with van der Waals surface area (Å²) in [7, 11) is 1.69. The minimum absolute atomic E-state index is 0.000000000000000222. The predicted octanol–water partition coefficient (Wildman–Crippen LogP) is 2.12. The smallest absolute Gasteiger partial charge is 0.212 e. The van der Waals surface area contributed by atoms with Crippen molar-refractivity contribution in [3.05, 3.63) is 0 Å². The first-order valence-corrected chi connectivity index (χ1v) is 6.41. The fourth-order valence-corrected chi connectivity index (χ4v) is 3.63. The van der Waals surface area contributed by atoms with Crippen molar-refractivity contribution >= 4 is 35.7 Å². The van der Waals surface area contributed by atoms with E-state index in [4.69, 9.17) is 10.7 Å². The van der Waals surface area contributed by atoms with E-state index in [2.05, 4.69) is 15.9 Å². The van der Waals surface area contributed by atoms with Gasteiger partial charge in [0.1, 0.15) is 0 Å². The molecule has 0 bridgehead atoms. The third-order valence-corrected chi connectivity index (χ3v) is 3.37. The molecule has 0 radical (unpaired) electrons. The van der Waals surface area contributed by atoms with Crippen LogP contribution < -0.4 is 0 Å². The summed E-state index contributed by atoms with van der Waals surface area (Å²) in [6, 6.07) is 0. The van der Waals surface area contributed by atoms with Gasteiger partial charge in [-0.15, -0.1) is 0 Å². The van der Waals surface area contributed by atoms with Crippen LogP contribution in [0.1, 0.15) is 19.8 Å². The van der Waals surface area contributed by atoms with Crippen molar-refractivity contribution in [2.45, 2.75) is 24.6 Å². The first kappa shape index (κ1) is 10.7. The molecule has 1 atom stereocenters. The zero-order valence-corrected chi connectivity index (χ0v) is 8.84. The first-order valence-electron chi connectivity index (χ1n) is 3.02. The summed E-state index contributed by atoms with van der Waals surface area (Å²) in [6.45, 7) is 2.00. The molecule has 0 heterocycles. The highest BCUT2D eigenvalue weighted by molar-refractivity contribution is 9.09. The van der Waals surface area contributed by atoms with Gasteiger partial charge in [-0.2, -0.15) is 0 Å². The lowest BCUT2D eigenvalue weighted by Gasteiger charge is -2.03. The van der Waals surface area contributed by atoms with E-state index >= 15 is 0 Å². The van der Waals surface area contributed by atoms with E-state index in [1.165, 1.54) is 0 Å². The highest BCUT2D eigenvalue weighted by atomic mass is 79.9. The van der Waals surface area contributed by atoms with Crippen LogP contribution in [0.4, 0.5) is 0 Å². The molecule has 0 aromatic carbocycles. The van der Waals surface area contributed by atoms with Gasteiger partial charge < -0.3 is 0 Å². The van der Waals surface area contributed by atoms with Crippen molar-refractivity contribution in [3.63, 3.8) is 0 Å².